The average Bonchev–Trinajstić information content (AvgIpc) is 2.26. The number of nitrogens with two attached hydrogens (primary N) is 1. The summed E-state index contributed by atoms with van der Waals surface area (Å²) in [5.41, 5.74) is 0.572. The minimum absolute atomic E-state index is 0.312. The number of rotatable bonds is 4. The topological polar surface area (TPSA) is 95.2 Å². The molecular formula is C9H15N3O3S. The number of methoxy groups -OCH3 is 1. The maximum atomic E-state index is 11.2. The monoisotopic (exact) mass is 245 g/mol. The molecule has 0 saturated carbocycles. The SMILES string of the molecule is COc1cnc(C(C)C(C)S(N)(=O)=O)cn1. The molecule has 0 spiro atoms. The third-order valence-electron chi connectivity index (χ3n) is 2.55. The molecule has 0 aromatic carbocycles. The van der Waals surface area contributed by atoms with Gasteiger partial charge in [0.15, 0.2) is 0 Å². The quantitative estimate of drug-likeness (QED) is 0.821. The third-order valence-corrected chi connectivity index (χ3v) is 3.99. The molecule has 90 valence electrons. The molecule has 16 heavy (non-hydrogen) atoms. The second-order valence-corrected chi connectivity index (χ2v) is 5.49. The molecule has 0 radical (unpaired) electrons. The van der Waals surface area contributed by atoms with E-state index in [1.54, 1.807) is 13.8 Å². The summed E-state index contributed by atoms with van der Waals surface area (Å²) >= 11 is 0. The van der Waals surface area contributed by atoms with Crippen LogP contribution in [0.4, 0.5) is 0 Å². The van der Waals surface area contributed by atoms with Crippen molar-refractivity contribution in [1.82, 2.24) is 9.97 Å². The highest BCUT2D eigenvalue weighted by Crippen LogP contribution is 2.21. The number of hydrogen-bond acceptors (Lipinski definition) is 5. The lowest BCUT2D eigenvalue weighted by Crippen LogP contribution is -2.30. The lowest BCUT2D eigenvalue weighted by atomic mass is 10.1. The van der Waals surface area contributed by atoms with Crippen LogP contribution in [0, 0.1) is 0 Å². The van der Waals surface area contributed by atoms with Crippen molar-refractivity contribution in [1.29, 1.82) is 0 Å². The van der Waals surface area contributed by atoms with E-state index in [1.807, 2.05) is 0 Å². The van der Waals surface area contributed by atoms with Crippen LogP contribution in [0.15, 0.2) is 12.4 Å². The molecule has 0 aliphatic carbocycles. The summed E-state index contributed by atoms with van der Waals surface area (Å²) in [5.74, 6) is 0.0765. The Kier molecular flexibility index (Phi) is 3.82. The molecule has 1 aromatic heterocycles. The van der Waals surface area contributed by atoms with E-state index < -0.39 is 15.3 Å². The number of sulfonamides is 1. The maximum absolute atomic E-state index is 11.2. The van der Waals surface area contributed by atoms with Crippen LogP contribution < -0.4 is 9.88 Å². The first kappa shape index (κ1) is 12.9. The molecule has 0 aliphatic rings. The number of aromatic nitrogens is 2. The van der Waals surface area contributed by atoms with Gasteiger partial charge in [-0.15, -0.1) is 0 Å². The fraction of sp³-hybridized carbons (Fsp3) is 0.556. The van der Waals surface area contributed by atoms with Crippen molar-refractivity contribution in [3.63, 3.8) is 0 Å². The van der Waals surface area contributed by atoms with Crippen molar-refractivity contribution in [2.75, 3.05) is 7.11 Å². The van der Waals surface area contributed by atoms with Gasteiger partial charge in [0.1, 0.15) is 0 Å². The second kappa shape index (κ2) is 4.75. The van der Waals surface area contributed by atoms with Crippen molar-refractivity contribution in [3.8, 4) is 5.88 Å². The zero-order valence-electron chi connectivity index (χ0n) is 9.41. The van der Waals surface area contributed by atoms with E-state index in [-0.39, 0.29) is 5.92 Å². The molecule has 1 heterocycles. The largest absolute Gasteiger partial charge is 0.480 e. The van der Waals surface area contributed by atoms with Gasteiger partial charge in [0, 0.05) is 5.92 Å². The molecular weight excluding hydrogens is 230 g/mol. The minimum Gasteiger partial charge on any atom is -0.480 e. The van der Waals surface area contributed by atoms with E-state index in [1.165, 1.54) is 19.5 Å². The second-order valence-electron chi connectivity index (χ2n) is 3.57. The molecule has 7 heteroatoms. The number of hydrogen-bond donors (Lipinski definition) is 1. The molecule has 1 aromatic rings. The molecule has 2 unspecified atom stereocenters. The average molecular weight is 245 g/mol. The fourth-order valence-electron chi connectivity index (χ4n) is 1.19. The predicted octanol–water partition coefficient (Wildman–Crippen LogP) is 0.266. The summed E-state index contributed by atoms with van der Waals surface area (Å²) in [6.45, 7) is 3.29. The highest BCUT2D eigenvalue weighted by atomic mass is 32.2. The van der Waals surface area contributed by atoms with Crippen LogP contribution in [0.1, 0.15) is 25.5 Å². The van der Waals surface area contributed by atoms with Gasteiger partial charge < -0.3 is 4.74 Å². The molecule has 2 atom stereocenters. The molecule has 6 nitrogen and oxygen atoms in total. The zero-order valence-corrected chi connectivity index (χ0v) is 10.2. The molecule has 0 bridgehead atoms. The van der Waals surface area contributed by atoms with Gasteiger partial charge in [-0.2, -0.15) is 0 Å². The van der Waals surface area contributed by atoms with E-state index in [0.29, 0.717) is 11.6 Å². The van der Waals surface area contributed by atoms with Crippen molar-refractivity contribution < 1.29 is 13.2 Å². The zero-order chi connectivity index (χ0) is 12.3. The van der Waals surface area contributed by atoms with E-state index in [9.17, 15) is 8.42 Å². The van der Waals surface area contributed by atoms with Gasteiger partial charge in [-0.25, -0.2) is 18.5 Å². The van der Waals surface area contributed by atoms with E-state index in [0.717, 1.165) is 0 Å². The molecule has 2 N–H and O–H groups in total. The molecule has 1 rings (SSSR count). The van der Waals surface area contributed by atoms with Crippen LogP contribution in [0.25, 0.3) is 0 Å². The van der Waals surface area contributed by atoms with Crippen LogP contribution in [-0.4, -0.2) is 30.7 Å². The van der Waals surface area contributed by atoms with E-state index in [2.05, 4.69) is 9.97 Å². The fourth-order valence-corrected chi connectivity index (χ4v) is 1.90. The smallest absolute Gasteiger partial charge is 0.231 e. The van der Waals surface area contributed by atoms with Gasteiger partial charge in [0.25, 0.3) is 0 Å². The van der Waals surface area contributed by atoms with Gasteiger partial charge in [0.05, 0.1) is 30.4 Å². The lowest BCUT2D eigenvalue weighted by Gasteiger charge is -2.16. The number of ether oxygens (including phenoxy) is 1. The van der Waals surface area contributed by atoms with Gasteiger partial charge in [-0.1, -0.05) is 6.92 Å². The normalized spacial score (nSPS) is 15.5. The first-order valence-electron chi connectivity index (χ1n) is 4.73. The molecule has 0 amide bonds. The summed E-state index contributed by atoms with van der Waals surface area (Å²) in [5, 5.41) is 4.37. The van der Waals surface area contributed by atoms with Gasteiger partial charge in [-0.3, -0.25) is 4.98 Å². The Morgan fingerprint density at radius 1 is 1.31 bits per heavy atom. The Bertz CT molecular complexity index is 444. The Morgan fingerprint density at radius 2 is 1.94 bits per heavy atom. The summed E-state index contributed by atoms with van der Waals surface area (Å²) in [6, 6.07) is 0. The Hall–Kier alpha value is -1.21. The van der Waals surface area contributed by atoms with Crippen molar-refractivity contribution in [2.24, 2.45) is 5.14 Å². The van der Waals surface area contributed by atoms with Crippen LogP contribution in [0.2, 0.25) is 0 Å². The first-order valence-corrected chi connectivity index (χ1v) is 6.34. The standard InChI is InChI=1S/C9H15N3O3S/c1-6(7(2)16(10,13)14)8-4-12-9(15-3)5-11-8/h4-7H,1-3H3,(H2,10,13,14). The van der Waals surface area contributed by atoms with E-state index >= 15 is 0 Å². The Balaban J connectivity index is 2.92. The third kappa shape index (κ3) is 2.89. The van der Waals surface area contributed by atoms with Crippen LogP contribution in [-0.2, 0) is 10.0 Å². The van der Waals surface area contributed by atoms with Crippen molar-refractivity contribution >= 4 is 10.0 Å². The van der Waals surface area contributed by atoms with Crippen LogP contribution in [0.5, 0.6) is 5.88 Å². The van der Waals surface area contributed by atoms with Crippen LogP contribution >= 0.6 is 0 Å². The van der Waals surface area contributed by atoms with E-state index in [4.69, 9.17) is 9.88 Å². The summed E-state index contributed by atoms with van der Waals surface area (Å²) in [6.07, 6.45) is 2.94. The first-order chi connectivity index (χ1) is 7.36. The van der Waals surface area contributed by atoms with Gasteiger partial charge in [0.2, 0.25) is 15.9 Å². The van der Waals surface area contributed by atoms with Crippen molar-refractivity contribution in [2.45, 2.75) is 25.0 Å². The summed E-state index contributed by atoms with van der Waals surface area (Å²) < 4.78 is 27.2. The lowest BCUT2D eigenvalue weighted by molar-refractivity contribution is 0.394. The van der Waals surface area contributed by atoms with Gasteiger partial charge >= 0.3 is 0 Å². The minimum atomic E-state index is -3.56. The highest BCUT2D eigenvalue weighted by molar-refractivity contribution is 7.89. The molecule has 0 aliphatic heterocycles. The summed E-state index contributed by atoms with van der Waals surface area (Å²) in [4.78, 5) is 8.04. The molecule has 0 saturated heterocycles. The highest BCUT2D eigenvalue weighted by Gasteiger charge is 2.25. The number of primary sulfonamides is 1. The maximum Gasteiger partial charge on any atom is 0.231 e. The van der Waals surface area contributed by atoms with Crippen molar-refractivity contribution in [3.05, 3.63) is 18.1 Å². The Labute approximate surface area is 94.9 Å². The molecule has 0 fully saturated rings. The predicted molar refractivity (Wildman–Crippen MR) is 59.6 cm³/mol. The van der Waals surface area contributed by atoms with Gasteiger partial charge in [-0.05, 0) is 6.92 Å². The van der Waals surface area contributed by atoms with Crippen LogP contribution in [0.3, 0.4) is 0 Å². The summed E-state index contributed by atoms with van der Waals surface area (Å²) in [7, 11) is -2.08. The number of nitrogens with zero attached hydrogens (tertiary/aromatic N) is 2. The Morgan fingerprint density at radius 3 is 2.31 bits per heavy atom.